The first-order chi connectivity index (χ1) is 6.86. The molecule has 1 atom stereocenters. The topological polar surface area (TPSA) is 12.0 Å². The van der Waals surface area contributed by atoms with Gasteiger partial charge >= 0.3 is 0 Å². The lowest BCUT2D eigenvalue weighted by Gasteiger charge is -2.26. The first-order valence-corrected chi connectivity index (χ1v) is 6.60. The molecule has 84 valence electrons. The standard InChI is InChI=1S/C13H27N/c1-3-5-9-13(4-2)14-11-10-12-7-6-8-12/h12-14H,3-11H2,1-2H3. The van der Waals surface area contributed by atoms with Gasteiger partial charge in [0.15, 0.2) is 0 Å². The molecule has 1 nitrogen and oxygen atoms in total. The fraction of sp³-hybridized carbons (Fsp3) is 1.00. The first-order valence-electron chi connectivity index (χ1n) is 6.60. The van der Waals surface area contributed by atoms with E-state index in [-0.39, 0.29) is 0 Å². The highest BCUT2D eigenvalue weighted by Gasteiger charge is 2.16. The minimum Gasteiger partial charge on any atom is -0.314 e. The third kappa shape index (κ3) is 4.45. The summed E-state index contributed by atoms with van der Waals surface area (Å²) < 4.78 is 0. The minimum absolute atomic E-state index is 0.787. The molecule has 14 heavy (non-hydrogen) atoms. The van der Waals surface area contributed by atoms with Crippen molar-refractivity contribution < 1.29 is 0 Å². The van der Waals surface area contributed by atoms with E-state index in [2.05, 4.69) is 19.2 Å². The van der Waals surface area contributed by atoms with Gasteiger partial charge in [0.1, 0.15) is 0 Å². The molecule has 0 amide bonds. The molecule has 1 rings (SSSR count). The van der Waals surface area contributed by atoms with Gasteiger partial charge in [-0.2, -0.15) is 0 Å². The third-order valence-electron chi connectivity index (χ3n) is 3.61. The fourth-order valence-corrected chi connectivity index (χ4v) is 2.17. The van der Waals surface area contributed by atoms with Crippen molar-refractivity contribution >= 4 is 0 Å². The Balaban J connectivity index is 1.95. The van der Waals surface area contributed by atoms with Gasteiger partial charge in [0, 0.05) is 6.04 Å². The van der Waals surface area contributed by atoms with Crippen LogP contribution in [0.3, 0.4) is 0 Å². The predicted molar refractivity (Wildman–Crippen MR) is 63.6 cm³/mol. The van der Waals surface area contributed by atoms with Gasteiger partial charge in [0.2, 0.25) is 0 Å². The molecule has 1 aliphatic carbocycles. The molecular formula is C13H27N. The van der Waals surface area contributed by atoms with Gasteiger partial charge in [0.25, 0.3) is 0 Å². The summed E-state index contributed by atoms with van der Waals surface area (Å²) in [5, 5.41) is 3.70. The lowest BCUT2D eigenvalue weighted by atomic mass is 9.83. The lowest BCUT2D eigenvalue weighted by molar-refractivity contribution is 0.284. The van der Waals surface area contributed by atoms with E-state index < -0.39 is 0 Å². The Hall–Kier alpha value is -0.0400. The molecule has 1 fully saturated rings. The van der Waals surface area contributed by atoms with Gasteiger partial charge in [-0.25, -0.2) is 0 Å². The normalized spacial score (nSPS) is 19.3. The van der Waals surface area contributed by atoms with E-state index in [9.17, 15) is 0 Å². The molecule has 0 bridgehead atoms. The molecule has 0 heterocycles. The fourth-order valence-electron chi connectivity index (χ4n) is 2.17. The summed E-state index contributed by atoms with van der Waals surface area (Å²) in [6.45, 7) is 5.84. The second kappa shape index (κ2) is 7.28. The molecule has 1 N–H and O–H groups in total. The van der Waals surface area contributed by atoms with E-state index in [1.54, 1.807) is 0 Å². The van der Waals surface area contributed by atoms with Gasteiger partial charge in [0.05, 0.1) is 0 Å². The number of unbranched alkanes of at least 4 members (excludes halogenated alkanes) is 1. The molecule has 0 saturated heterocycles. The third-order valence-corrected chi connectivity index (χ3v) is 3.61. The number of hydrogen-bond donors (Lipinski definition) is 1. The van der Waals surface area contributed by atoms with Gasteiger partial charge in [-0.1, -0.05) is 46.0 Å². The average Bonchev–Trinajstić information content (AvgIpc) is 2.14. The van der Waals surface area contributed by atoms with Crippen molar-refractivity contribution in [2.45, 2.75) is 71.3 Å². The Morgan fingerprint density at radius 2 is 2.07 bits per heavy atom. The van der Waals surface area contributed by atoms with Crippen LogP contribution in [-0.2, 0) is 0 Å². The first kappa shape index (κ1) is 12.0. The summed E-state index contributed by atoms with van der Waals surface area (Å²) in [6.07, 6.45) is 11.3. The highest BCUT2D eigenvalue weighted by atomic mass is 14.9. The van der Waals surface area contributed by atoms with Crippen LogP contribution in [0.1, 0.15) is 65.2 Å². The van der Waals surface area contributed by atoms with Crippen molar-refractivity contribution in [2.75, 3.05) is 6.54 Å². The van der Waals surface area contributed by atoms with Crippen LogP contribution < -0.4 is 5.32 Å². The summed E-state index contributed by atoms with van der Waals surface area (Å²) in [5.74, 6) is 1.06. The Morgan fingerprint density at radius 3 is 2.57 bits per heavy atom. The molecule has 1 saturated carbocycles. The Labute approximate surface area is 89.7 Å². The van der Waals surface area contributed by atoms with Crippen LogP contribution in [0.15, 0.2) is 0 Å². The summed E-state index contributed by atoms with van der Waals surface area (Å²) in [4.78, 5) is 0. The molecular weight excluding hydrogens is 170 g/mol. The molecule has 0 spiro atoms. The Kier molecular flexibility index (Phi) is 6.25. The van der Waals surface area contributed by atoms with Crippen molar-refractivity contribution in [3.63, 3.8) is 0 Å². The van der Waals surface area contributed by atoms with Crippen molar-refractivity contribution in [3.05, 3.63) is 0 Å². The van der Waals surface area contributed by atoms with Crippen LogP contribution >= 0.6 is 0 Å². The van der Waals surface area contributed by atoms with E-state index in [0.717, 1.165) is 12.0 Å². The zero-order chi connectivity index (χ0) is 10.2. The lowest BCUT2D eigenvalue weighted by Crippen LogP contribution is -2.31. The highest BCUT2D eigenvalue weighted by Crippen LogP contribution is 2.28. The maximum absolute atomic E-state index is 3.70. The van der Waals surface area contributed by atoms with E-state index in [0.29, 0.717) is 0 Å². The van der Waals surface area contributed by atoms with Gasteiger partial charge in [-0.05, 0) is 31.7 Å². The quantitative estimate of drug-likeness (QED) is 0.625. The van der Waals surface area contributed by atoms with E-state index >= 15 is 0 Å². The Bertz CT molecular complexity index is 129. The van der Waals surface area contributed by atoms with E-state index in [1.165, 1.54) is 57.9 Å². The smallest absolute Gasteiger partial charge is 0.00644 e. The minimum atomic E-state index is 0.787. The molecule has 0 aromatic heterocycles. The largest absolute Gasteiger partial charge is 0.314 e. The van der Waals surface area contributed by atoms with E-state index in [4.69, 9.17) is 0 Å². The monoisotopic (exact) mass is 197 g/mol. The number of nitrogens with one attached hydrogen (secondary N) is 1. The molecule has 1 aliphatic rings. The van der Waals surface area contributed by atoms with E-state index in [1.807, 2.05) is 0 Å². The van der Waals surface area contributed by atoms with Crippen LogP contribution in [0.4, 0.5) is 0 Å². The maximum Gasteiger partial charge on any atom is 0.00644 e. The summed E-state index contributed by atoms with van der Waals surface area (Å²) in [6, 6.07) is 0.787. The SMILES string of the molecule is CCCCC(CC)NCCC1CCC1. The van der Waals surface area contributed by atoms with Crippen LogP contribution in [0.2, 0.25) is 0 Å². The molecule has 1 unspecified atom stereocenters. The molecule has 0 aromatic carbocycles. The van der Waals surface area contributed by atoms with Crippen LogP contribution in [0, 0.1) is 5.92 Å². The summed E-state index contributed by atoms with van der Waals surface area (Å²) in [7, 11) is 0. The molecule has 0 aromatic rings. The highest BCUT2D eigenvalue weighted by molar-refractivity contribution is 4.72. The maximum atomic E-state index is 3.70. The second-order valence-electron chi connectivity index (χ2n) is 4.79. The van der Waals surface area contributed by atoms with Crippen molar-refractivity contribution in [1.29, 1.82) is 0 Å². The summed E-state index contributed by atoms with van der Waals surface area (Å²) in [5.41, 5.74) is 0. The average molecular weight is 197 g/mol. The zero-order valence-corrected chi connectivity index (χ0v) is 10.0. The van der Waals surface area contributed by atoms with Crippen LogP contribution in [0.25, 0.3) is 0 Å². The molecule has 1 heteroatoms. The van der Waals surface area contributed by atoms with Gasteiger partial charge < -0.3 is 5.32 Å². The summed E-state index contributed by atoms with van der Waals surface area (Å²) >= 11 is 0. The zero-order valence-electron chi connectivity index (χ0n) is 10.0. The predicted octanol–water partition coefficient (Wildman–Crippen LogP) is 3.74. The van der Waals surface area contributed by atoms with Crippen molar-refractivity contribution in [2.24, 2.45) is 5.92 Å². The van der Waals surface area contributed by atoms with Gasteiger partial charge in [-0.15, -0.1) is 0 Å². The number of rotatable bonds is 8. The number of hydrogen-bond acceptors (Lipinski definition) is 1. The van der Waals surface area contributed by atoms with Crippen LogP contribution in [-0.4, -0.2) is 12.6 Å². The molecule has 0 aliphatic heterocycles. The molecule has 0 radical (unpaired) electrons. The van der Waals surface area contributed by atoms with Gasteiger partial charge in [-0.3, -0.25) is 0 Å². The Morgan fingerprint density at radius 1 is 1.29 bits per heavy atom. The van der Waals surface area contributed by atoms with Crippen LogP contribution in [0.5, 0.6) is 0 Å². The van der Waals surface area contributed by atoms with Crippen molar-refractivity contribution in [1.82, 2.24) is 5.32 Å². The van der Waals surface area contributed by atoms with Crippen molar-refractivity contribution in [3.8, 4) is 0 Å². The second-order valence-corrected chi connectivity index (χ2v) is 4.79.